The van der Waals surface area contributed by atoms with Gasteiger partial charge in [-0.15, -0.1) is 24.8 Å². The van der Waals surface area contributed by atoms with Crippen LogP contribution in [-0.2, 0) is 6.42 Å². The Morgan fingerprint density at radius 2 is 2.20 bits per heavy atom. The molecule has 1 aliphatic heterocycles. The van der Waals surface area contributed by atoms with Gasteiger partial charge in [-0.3, -0.25) is 15.0 Å². The molecule has 0 saturated carbocycles. The lowest BCUT2D eigenvalue weighted by atomic mass is 10.2. The molecular formula is C8H12Cl2N4S. The van der Waals surface area contributed by atoms with Crippen LogP contribution in [0.3, 0.4) is 0 Å². The monoisotopic (exact) mass is 266 g/mol. The van der Waals surface area contributed by atoms with Gasteiger partial charge in [0.25, 0.3) is 0 Å². The molecule has 1 atom stereocenters. The molecule has 84 valence electrons. The number of hydrogen-bond acceptors (Lipinski definition) is 5. The van der Waals surface area contributed by atoms with Crippen LogP contribution >= 0.6 is 36.6 Å². The molecule has 1 aliphatic rings. The number of halogens is 2. The third-order valence-electron chi connectivity index (χ3n) is 1.79. The fraction of sp³-hybridized carbons (Fsp3) is 0.375. The first-order valence-electron chi connectivity index (χ1n) is 4.05. The highest BCUT2D eigenvalue weighted by Crippen LogP contribution is 2.17. The summed E-state index contributed by atoms with van der Waals surface area (Å²) in [5.41, 5.74) is 6.53. The standard InChI is InChI=1S/C8H10N4S.2ClH/c9-8-12-7(5-13-8)3-6-4-10-1-2-11-6;;/h1-2,4,7H,3,5H2,(H2,9,12);2*1H. The van der Waals surface area contributed by atoms with E-state index in [0.717, 1.165) is 17.9 Å². The summed E-state index contributed by atoms with van der Waals surface area (Å²) in [6, 6.07) is 0.279. The molecule has 1 aromatic heterocycles. The van der Waals surface area contributed by atoms with Crippen LogP contribution in [0.1, 0.15) is 5.69 Å². The molecule has 0 aromatic carbocycles. The van der Waals surface area contributed by atoms with Gasteiger partial charge in [-0.1, -0.05) is 11.8 Å². The van der Waals surface area contributed by atoms with Crippen molar-refractivity contribution >= 4 is 41.7 Å². The Balaban J connectivity index is 0.000000980. The molecule has 4 nitrogen and oxygen atoms in total. The summed E-state index contributed by atoms with van der Waals surface area (Å²) >= 11 is 1.60. The molecular weight excluding hydrogens is 255 g/mol. The smallest absolute Gasteiger partial charge is 0.154 e. The molecule has 2 N–H and O–H groups in total. The summed E-state index contributed by atoms with van der Waals surface area (Å²) in [5.74, 6) is 0.961. The molecule has 0 bridgehead atoms. The van der Waals surface area contributed by atoms with Gasteiger partial charge in [0.05, 0.1) is 11.7 Å². The lowest BCUT2D eigenvalue weighted by molar-refractivity contribution is 0.740. The SMILES string of the molecule is Cl.Cl.NC1=NC(Cc2cnccn2)CS1. The Morgan fingerprint density at radius 1 is 1.40 bits per heavy atom. The van der Waals surface area contributed by atoms with Crippen molar-refractivity contribution < 1.29 is 0 Å². The van der Waals surface area contributed by atoms with E-state index in [-0.39, 0.29) is 30.9 Å². The van der Waals surface area contributed by atoms with Crippen molar-refractivity contribution in [2.45, 2.75) is 12.5 Å². The van der Waals surface area contributed by atoms with Crippen molar-refractivity contribution in [3.05, 3.63) is 24.3 Å². The Morgan fingerprint density at radius 3 is 2.73 bits per heavy atom. The van der Waals surface area contributed by atoms with Gasteiger partial charge in [-0.05, 0) is 0 Å². The summed E-state index contributed by atoms with van der Waals surface area (Å²) < 4.78 is 0. The number of aliphatic imine (C=N–C) groups is 1. The molecule has 0 spiro atoms. The van der Waals surface area contributed by atoms with Gasteiger partial charge in [-0.25, -0.2) is 0 Å². The second kappa shape index (κ2) is 6.87. The van der Waals surface area contributed by atoms with Gasteiger partial charge < -0.3 is 5.73 Å². The van der Waals surface area contributed by atoms with E-state index in [2.05, 4.69) is 15.0 Å². The Bertz CT molecular complexity index is 320. The number of nitrogens with zero attached hydrogens (tertiary/aromatic N) is 3. The van der Waals surface area contributed by atoms with Gasteiger partial charge in [-0.2, -0.15) is 0 Å². The number of nitrogens with two attached hydrogens (primary N) is 1. The van der Waals surface area contributed by atoms with Crippen LogP contribution in [0, 0.1) is 0 Å². The molecule has 0 amide bonds. The molecule has 1 aromatic rings. The Hall–Kier alpha value is -0.520. The van der Waals surface area contributed by atoms with Crippen molar-refractivity contribution in [1.29, 1.82) is 0 Å². The van der Waals surface area contributed by atoms with Crippen LogP contribution in [-0.4, -0.2) is 26.9 Å². The molecule has 0 fully saturated rings. The maximum atomic E-state index is 5.56. The minimum absolute atomic E-state index is 0. The summed E-state index contributed by atoms with van der Waals surface area (Å²) in [6.07, 6.45) is 5.98. The Kier molecular flexibility index (Phi) is 6.63. The summed E-state index contributed by atoms with van der Waals surface area (Å²) in [5, 5.41) is 0.689. The Labute approximate surface area is 105 Å². The summed E-state index contributed by atoms with van der Waals surface area (Å²) in [6.45, 7) is 0. The second-order valence-corrected chi connectivity index (χ2v) is 3.87. The average molecular weight is 267 g/mol. The van der Waals surface area contributed by atoms with Gasteiger partial charge in [0.2, 0.25) is 0 Å². The van der Waals surface area contributed by atoms with Crippen molar-refractivity contribution in [1.82, 2.24) is 9.97 Å². The highest BCUT2D eigenvalue weighted by molar-refractivity contribution is 8.14. The third-order valence-corrected chi connectivity index (χ3v) is 2.75. The van der Waals surface area contributed by atoms with E-state index >= 15 is 0 Å². The topological polar surface area (TPSA) is 64.2 Å². The number of hydrogen-bond donors (Lipinski definition) is 1. The average Bonchev–Trinajstić information content (AvgIpc) is 2.53. The van der Waals surface area contributed by atoms with E-state index in [1.165, 1.54) is 0 Å². The van der Waals surface area contributed by atoms with E-state index in [1.807, 2.05) is 0 Å². The number of rotatable bonds is 2. The first kappa shape index (κ1) is 14.5. The lowest BCUT2D eigenvalue weighted by Crippen LogP contribution is -2.09. The van der Waals surface area contributed by atoms with Crippen molar-refractivity contribution in [3.8, 4) is 0 Å². The minimum Gasteiger partial charge on any atom is -0.379 e. The number of thioether (sulfide) groups is 1. The third kappa shape index (κ3) is 4.24. The van der Waals surface area contributed by atoms with E-state index in [9.17, 15) is 0 Å². The van der Waals surface area contributed by atoms with E-state index in [4.69, 9.17) is 5.73 Å². The van der Waals surface area contributed by atoms with Gasteiger partial charge in [0, 0.05) is 30.8 Å². The molecule has 2 rings (SSSR count). The molecule has 0 saturated heterocycles. The van der Waals surface area contributed by atoms with E-state index in [0.29, 0.717) is 5.17 Å². The van der Waals surface area contributed by atoms with Crippen molar-refractivity contribution in [2.24, 2.45) is 10.7 Å². The first-order chi connectivity index (χ1) is 6.34. The second-order valence-electron chi connectivity index (χ2n) is 2.83. The van der Waals surface area contributed by atoms with Gasteiger partial charge in [0.1, 0.15) is 0 Å². The zero-order valence-electron chi connectivity index (χ0n) is 7.87. The zero-order chi connectivity index (χ0) is 9.10. The lowest BCUT2D eigenvalue weighted by Gasteiger charge is -2.02. The quantitative estimate of drug-likeness (QED) is 0.877. The molecule has 0 aliphatic carbocycles. The fourth-order valence-corrected chi connectivity index (χ4v) is 2.00. The number of amidine groups is 1. The van der Waals surface area contributed by atoms with Gasteiger partial charge >= 0.3 is 0 Å². The van der Waals surface area contributed by atoms with Crippen LogP contribution in [0.15, 0.2) is 23.6 Å². The minimum atomic E-state index is 0. The number of aromatic nitrogens is 2. The van der Waals surface area contributed by atoms with E-state index < -0.39 is 0 Å². The maximum Gasteiger partial charge on any atom is 0.154 e. The first-order valence-corrected chi connectivity index (χ1v) is 5.04. The fourth-order valence-electron chi connectivity index (χ4n) is 1.22. The highest BCUT2D eigenvalue weighted by Gasteiger charge is 2.16. The molecule has 1 unspecified atom stereocenters. The van der Waals surface area contributed by atoms with Crippen molar-refractivity contribution in [3.63, 3.8) is 0 Å². The van der Waals surface area contributed by atoms with Crippen LogP contribution < -0.4 is 5.73 Å². The predicted octanol–water partition coefficient (Wildman–Crippen LogP) is 1.29. The van der Waals surface area contributed by atoms with E-state index in [1.54, 1.807) is 30.4 Å². The zero-order valence-corrected chi connectivity index (χ0v) is 10.3. The van der Waals surface area contributed by atoms with Crippen LogP contribution in [0.25, 0.3) is 0 Å². The molecule has 7 heteroatoms. The normalized spacial score (nSPS) is 18.7. The van der Waals surface area contributed by atoms with Crippen molar-refractivity contribution in [2.75, 3.05) is 5.75 Å². The molecule has 0 radical (unpaired) electrons. The van der Waals surface area contributed by atoms with Crippen LogP contribution in [0.4, 0.5) is 0 Å². The highest BCUT2D eigenvalue weighted by atomic mass is 35.5. The predicted molar refractivity (Wildman–Crippen MR) is 68.1 cm³/mol. The van der Waals surface area contributed by atoms with Gasteiger partial charge in [0.15, 0.2) is 5.17 Å². The summed E-state index contributed by atoms with van der Waals surface area (Å²) in [4.78, 5) is 12.5. The molecule has 15 heavy (non-hydrogen) atoms. The summed E-state index contributed by atoms with van der Waals surface area (Å²) in [7, 11) is 0. The molecule has 2 heterocycles. The van der Waals surface area contributed by atoms with Crippen LogP contribution in [0.2, 0.25) is 0 Å². The largest absolute Gasteiger partial charge is 0.379 e. The maximum absolute atomic E-state index is 5.56. The van der Waals surface area contributed by atoms with Crippen LogP contribution in [0.5, 0.6) is 0 Å².